The van der Waals surface area contributed by atoms with Crippen molar-refractivity contribution in [1.82, 2.24) is 0 Å². The number of anilines is 1. The van der Waals surface area contributed by atoms with Crippen LogP contribution in [0.2, 0.25) is 0 Å². The molecule has 1 N–H and O–H groups in total. The Labute approximate surface area is 155 Å². The molecule has 2 aromatic rings. The van der Waals surface area contributed by atoms with E-state index in [4.69, 9.17) is 9.47 Å². The molecule has 0 aliphatic carbocycles. The van der Waals surface area contributed by atoms with Crippen LogP contribution in [0.3, 0.4) is 0 Å². The van der Waals surface area contributed by atoms with E-state index in [-0.39, 0.29) is 11.3 Å². The minimum atomic E-state index is -4.48. The fourth-order valence-electron chi connectivity index (χ4n) is 2.67. The molecular weight excluding hydrogens is 415 g/mol. The number of carbonyl (C=O) groups is 1. The first-order chi connectivity index (χ1) is 12.2. The number of halogens is 4. The van der Waals surface area contributed by atoms with Gasteiger partial charge in [0.2, 0.25) is 0 Å². The van der Waals surface area contributed by atoms with Crippen LogP contribution in [-0.4, -0.2) is 20.1 Å². The molecule has 8 heteroatoms. The average molecular weight is 428 g/mol. The summed E-state index contributed by atoms with van der Waals surface area (Å²) < 4.78 is 49.7. The number of nitrogens with one attached hydrogen (secondary N) is 1. The molecule has 2 aromatic carbocycles. The summed E-state index contributed by atoms with van der Waals surface area (Å²) in [6.45, 7) is 0. The Hall–Kier alpha value is -2.48. The van der Waals surface area contributed by atoms with Crippen LogP contribution in [0.4, 0.5) is 18.9 Å². The van der Waals surface area contributed by atoms with Crippen molar-refractivity contribution in [3.05, 3.63) is 51.5 Å². The van der Waals surface area contributed by atoms with E-state index in [2.05, 4.69) is 21.2 Å². The molecule has 1 aliphatic heterocycles. The molecular formula is C18H13BrF3NO3. The maximum absolute atomic E-state index is 12.9. The Morgan fingerprint density at radius 2 is 1.77 bits per heavy atom. The van der Waals surface area contributed by atoms with Crippen molar-refractivity contribution in [1.29, 1.82) is 0 Å². The number of fused-ring (bicyclic) bond motifs is 1. The third-order valence-corrected chi connectivity index (χ3v) is 4.55. The van der Waals surface area contributed by atoms with Crippen LogP contribution in [-0.2, 0) is 11.0 Å². The van der Waals surface area contributed by atoms with Gasteiger partial charge in [0.15, 0.2) is 0 Å². The third-order valence-electron chi connectivity index (χ3n) is 3.93. The number of amides is 1. The van der Waals surface area contributed by atoms with Crippen LogP contribution < -0.4 is 14.8 Å². The molecule has 1 amide bonds. The van der Waals surface area contributed by atoms with Crippen LogP contribution in [0.15, 0.2) is 34.8 Å². The van der Waals surface area contributed by atoms with Gasteiger partial charge in [-0.1, -0.05) is 6.07 Å². The summed E-state index contributed by atoms with van der Waals surface area (Å²) in [6, 6.07) is 6.52. The van der Waals surface area contributed by atoms with Crippen molar-refractivity contribution in [2.45, 2.75) is 6.18 Å². The predicted octanol–water partition coefficient (Wildman–Crippen LogP) is 4.98. The number of hydrogen-bond donors (Lipinski definition) is 1. The monoisotopic (exact) mass is 427 g/mol. The molecule has 0 saturated heterocycles. The van der Waals surface area contributed by atoms with E-state index in [0.717, 1.165) is 12.1 Å². The highest BCUT2D eigenvalue weighted by atomic mass is 79.9. The van der Waals surface area contributed by atoms with Gasteiger partial charge in [0.25, 0.3) is 5.91 Å². The molecule has 1 aliphatic rings. The fourth-order valence-corrected chi connectivity index (χ4v) is 3.19. The van der Waals surface area contributed by atoms with Gasteiger partial charge in [-0.3, -0.25) is 4.79 Å². The van der Waals surface area contributed by atoms with Gasteiger partial charge in [-0.05, 0) is 40.2 Å². The molecule has 0 fully saturated rings. The zero-order valence-electron chi connectivity index (χ0n) is 13.7. The second-order valence-corrected chi connectivity index (χ2v) is 6.35. The molecule has 0 unspecified atom stereocenters. The normalized spacial score (nSPS) is 15.0. The second-order valence-electron chi connectivity index (χ2n) is 5.50. The van der Waals surface area contributed by atoms with Gasteiger partial charge < -0.3 is 14.8 Å². The summed E-state index contributed by atoms with van der Waals surface area (Å²) in [7, 11) is 2.99. The number of benzene rings is 2. The predicted molar refractivity (Wildman–Crippen MR) is 95.2 cm³/mol. The minimum Gasteiger partial charge on any atom is -0.496 e. The summed E-state index contributed by atoms with van der Waals surface area (Å²) in [5, 5.41) is 2.47. The molecule has 136 valence electrons. The van der Waals surface area contributed by atoms with Crippen molar-refractivity contribution in [2.24, 2.45) is 0 Å². The summed E-state index contributed by atoms with van der Waals surface area (Å²) in [4.78, 5) is 12.3. The maximum atomic E-state index is 12.9. The lowest BCUT2D eigenvalue weighted by Crippen LogP contribution is -2.06. The topological polar surface area (TPSA) is 47.6 Å². The first-order valence-electron chi connectivity index (χ1n) is 7.40. The lowest BCUT2D eigenvalue weighted by molar-refractivity contribution is -0.137. The van der Waals surface area contributed by atoms with Gasteiger partial charge in [-0.25, -0.2) is 0 Å². The number of alkyl halides is 3. The third kappa shape index (κ3) is 3.29. The Balaban J connectivity index is 2.09. The molecule has 0 saturated carbocycles. The standard InChI is InChI=1S/C18H13BrF3NO3/c1-25-15-8-16(26-2)13(19)6-9(15)5-12-11-4-3-10(18(20,21)22)7-14(11)23-17(12)24/h3-8H,1-2H3,(H,23,24)/b12-5+. The molecule has 0 bridgehead atoms. The Kier molecular flexibility index (Phi) is 4.70. The Bertz CT molecular complexity index is 923. The fraction of sp³-hybridized carbons (Fsp3) is 0.167. The zero-order valence-corrected chi connectivity index (χ0v) is 15.3. The average Bonchev–Trinajstić information content (AvgIpc) is 2.89. The highest BCUT2D eigenvalue weighted by Crippen LogP contribution is 2.40. The quantitative estimate of drug-likeness (QED) is 0.702. The van der Waals surface area contributed by atoms with E-state index in [1.165, 1.54) is 20.3 Å². The molecule has 0 radical (unpaired) electrons. The number of ether oxygens (including phenoxy) is 2. The SMILES string of the molecule is COc1cc(OC)c(/C=C2/C(=O)Nc3cc(C(F)(F)F)ccc32)cc1Br. The minimum absolute atomic E-state index is 0.127. The van der Waals surface area contributed by atoms with Gasteiger partial charge >= 0.3 is 6.18 Å². The van der Waals surface area contributed by atoms with Crippen LogP contribution in [0, 0.1) is 0 Å². The second kappa shape index (κ2) is 6.68. The summed E-state index contributed by atoms with van der Waals surface area (Å²) in [6.07, 6.45) is -2.91. The van der Waals surface area contributed by atoms with E-state index < -0.39 is 17.6 Å². The zero-order chi connectivity index (χ0) is 19.1. The Morgan fingerprint density at radius 1 is 1.08 bits per heavy atom. The van der Waals surface area contributed by atoms with Crippen LogP contribution in [0.25, 0.3) is 11.6 Å². The Morgan fingerprint density at radius 3 is 2.38 bits per heavy atom. The van der Waals surface area contributed by atoms with Crippen LogP contribution >= 0.6 is 15.9 Å². The first-order valence-corrected chi connectivity index (χ1v) is 8.20. The van der Waals surface area contributed by atoms with Crippen molar-refractivity contribution in [3.8, 4) is 11.5 Å². The summed E-state index contributed by atoms with van der Waals surface area (Å²) in [5.74, 6) is 0.536. The number of hydrogen-bond acceptors (Lipinski definition) is 3. The van der Waals surface area contributed by atoms with E-state index >= 15 is 0 Å². The van der Waals surface area contributed by atoms with Crippen molar-refractivity contribution in [3.63, 3.8) is 0 Å². The summed E-state index contributed by atoms with van der Waals surface area (Å²) in [5.41, 5.74) is 0.546. The van der Waals surface area contributed by atoms with Gasteiger partial charge in [-0.2, -0.15) is 13.2 Å². The van der Waals surface area contributed by atoms with Crippen LogP contribution in [0.1, 0.15) is 16.7 Å². The smallest absolute Gasteiger partial charge is 0.416 e. The van der Waals surface area contributed by atoms with E-state index in [0.29, 0.717) is 27.1 Å². The summed E-state index contributed by atoms with van der Waals surface area (Å²) >= 11 is 3.36. The van der Waals surface area contributed by atoms with E-state index in [1.807, 2.05) is 0 Å². The van der Waals surface area contributed by atoms with E-state index in [9.17, 15) is 18.0 Å². The molecule has 1 heterocycles. The largest absolute Gasteiger partial charge is 0.496 e. The number of rotatable bonds is 3. The molecule has 4 nitrogen and oxygen atoms in total. The lowest BCUT2D eigenvalue weighted by Gasteiger charge is -2.10. The van der Waals surface area contributed by atoms with E-state index in [1.54, 1.807) is 18.2 Å². The molecule has 3 rings (SSSR count). The van der Waals surface area contributed by atoms with Crippen molar-refractivity contribution in [2.75, 3.05) is 19.5 Å². The molecule has 0 spiro atoms. The molecule has 26 heavy (non-hydrogen) atoms. The molecule has 0 atom stereocenters. The van der Waals surface area contributed by atoms with Gasteiger partial charge in [0, 0.05) is 28.5 Å². The van der Waals surface area contributed by atoms with Crippen molar-refractivity contribution < 1.29 is 27.4 Å². The first kappa shape index (κ1) is 18.3. The lowest BCUT2D eigenvalue weighted by atomic mass is 10.0. The van der Waals surface area contributed by atoms with Gasteiger partial charge in [-0.15, -0.1) is 0 Å². The highest BCUT2D eigenvalue weighted by Gasteiger charge is 2.33. The number of methoxy groups -OCH3 is 2. The molecule has 0 aromatic heterocycles. The van der Waals surface area contributed by atoms with Crippen LogP contribution in [0.5, 0.6) is 11.5 Å². The van der Waals surface area contributed by atoms with Gasteiger partial charge in [0.05, 0.1) is 24.3 Å². The number of carbonyl (C=O) groups excluding carboxylic acids is 1. The highest BCUT2D eigenvalue weighted by molar-refractivity contribution is 9.10. The maximum Gasteiger partial charge on any atom is 0.416 e. The van der Waals surface area contributed by atoms with Gasteiger partial charge in [0.1, 0.15) is 11.5 Å². The van der Waals surface area contributed by atoms with Crippen molar-refractivity contribution >= 4 is 39.2 Å².